The van der Waals surface area contributed by atoms with Crippen molar-refractivity contribution in [1.29, 1.82) is 0 Å². The maximum atomic E-state index is 12.5. The van der Waals surface area contributed by atoms with Gasteiger partial charge in [-0.2, -0.15) is 0 Å². The second-order valence-electron chi connectivity index (χ2n) is 8.04. The fourth-order valence-corrected chi connectivity index (χ4v) is 2.83. The van der Waals surface area contributed by atoms with Crippen LogP contribution in [0.5, 0.6) is 0 Å². The van der Waals surface area contributed by atoms with E-state index in [0.29, 0.717) is 24.0 Å². The Morgan fingerprint density at radius 2 is 1.76 bits per heavy atom. The van der Waals surface area contributed by atoms with Gasteiger partial charge < -0.3 is 19.1 Å². The van der Waals surface area contributed by atoms with Gasteiger partial charge in [0.2, 0.25) is 0 Å². The molecule has 0 saturated carbocycles. The van der Waals surface area contributed by atoms with Gasteiger partial charge in [0.05, 0.1) is 26.1 Å². The number of esters is 1. The first-order chi connectivity index (χ1) is 11.5. The van der Waals surface area contributed by atoms with Crippen LogP contribution < -0.4 is 5.11 Å². The Kier molecular flexibility index (Phi) is 7.61. The van der Waals surface area contributed by atoms with E-state index in [4.69, 9.17) is 4.74 Å². The number of carboxylic acid groups (broad SMARTS) is 1. The van der Waals surface area contributed by atoms with Crippen LogP contribution in [0.25, 0.3) is 0 Å². The van der Waals surface area contributed by atoms with E-state index in [-0.39, 0.29) is 24.9 Å². The van der Waals surface area contributed by atoms with E-state index in [1.807, 2.05) is 46.1 Å². The SMILES string of the molecule is CC(CC(C)(C)C(=O)OCC[N+](C)(C)CCC(=O)[O-])c1ccccc1. The van der Waals surface area contributed by atoms with E-state index >= 15 is 0 Å². The summed E-state index contributed by atoms with van der Waals surface area (Å²) in [4.78, 5) is 23.0. The number of carbonyl (C=O) groups is 2. The quantitative estimate of drug-likeness (QED) is 0.478. The van der Waals surface area contributed by atoms with Crippen LogP contribution in [0, 0.1) is 5.41 Å². The maximum Gasteiger partial charge on any atom is 0.311 e. The third-order valence-corrected chi connectivity index (χ3v) is 4.59. The number of hydrogen-bond acceptors (Lipinski definition) is 4. The second kappa shape index (κ2) is 8.99. The van der Waals surface area contributed by atoms with Crippen molar-refractivity contribution in [2.24, 2.45) is 5.41 Å². The van der Waals surface area contributed by atoms with E-state index in [1.54, 1.807) is 0 Å². The number of rotatable bonds is 10. The third-order valence-electron chi connectivity index (χ3n) is 4.59. The fraction of sp³-hybridized carbons (Fsp3) is 0.600. The highest BCUT2D eigenvalue weighted by Gasteiger charge is 2.32. The Bertz CT molecular complexity index is 566. The predicted molar refractivity (Wildman–Crippen MR) is 95.7 cm³/mol. The zero-order chi connectivity index (χ0) is 19.1. The molecule has 1 rings (SSSR count). The highest BCUT2D eigenvalue weighted by atomic mass is 16.5. The summed E-state index contributed by atoms with van der Waals surface area (Å²) in [7, 11) is 3.83. The van der Waals surface area contributed by atoms with E-state index < -0.39 is 11.4 Å². The van der Waals surface area contributed by atoms with Crippen LogP contribution >= 0.6 is 0 Å². The standard InChI is InChI=1S/C20H31NO4/c1-16(17-9-7-6-8-10-17)15-20(2,3)19(24)25-14-13-21(4,5)12-11-18(22)23/h6-10,16H,11-15H2,1-5H3. The van der Waals surface area contributed by atoms with Crippen LogP contribution in [-0.2, 0) is 14.3 Å². The lowest BCUT2D eigenvalue weighted by Gasteiger charge is -2.31. The van der Waals surface area contributed by atoms with E-state index in [0.717, 1.165) is 0 Å². The summed E-state index contributed by atoms with van der Waals surface area (Å²) in [6, 6.07) is 10.1. The first-order valence-corrected chi connectivity index (χ1v) is 8.77. The molecule has 0 saturated heterocycles. The Labute approximate surface area is 151 Å². The molecule has 0 radical (unpaired) electrons. The Morgan fingerprint density at radius 3 is 2.32 bits per heavy atom. The molecule has 0 heterocycles. The lowest BCUT2D eigenvalue weighted by Crippen LogP contribution is -2.45. The summed E-state index contributed by atoms with van der Waals surface area (Å²) in [5.74, 6) is -1.01. The van der Waals surface area contributed by atoms with Crippen LogP contribution in [0.3, 0.4) is 0 Å². The Hall–Kier alpha value is -1.88. The lowest BCUT2D eigenvalue weighted by atomic mass is 9.81. The Balaban J connectivity index is 2.48. The number of nitrogens with zero attached hydrogens (tertiary/aromatic N) is 1. The number of likely N-dealkylation sites (N-methyl/N-ethyl adjacent to an activating group) is 1. The summed E-state index contributed by atoms with van der Waals surface area (Å²) in [5, 5.41) is 10.6. The first-order valence-electron chi connectivity index (χ1n) is 8.77. The predicted octanol–water partition coefficient (Wildman–Crippen LogP) is 1.97. The highest BCUT2D eigenvalue weighted by molar-refractivity contribution is 5.76. The van der Waals surface area contributed by atoms with Crippen LogP contribution in [0.15, 0.2) is 30.3 Å². The minimum atomic E-state index is -1.06. The van der Waals surface area contributed by atoms with Crippen molar-refractivity contribution in [2.75, 3.05) is 33.8 Å². The van der Waals surface area contributed by atoms with Crippen molar-refractivity contribution >= 4 is 11.9 Å². The van der Waals surface area contributed by atoms with Gasteiger partial charge in [0.15, 0.2) is 0 Å². The van der Waals surface area contributed by atoms with Crippen molar-refractivity contribution in [1.82, 2.24) is 0 Å². The monoisotopic (exact) mass is 349 g/mol. The summed E-state index contributed by atoms with van der Waals surface area (Å²) in [6.07, 6.45) is 0.708. The van der Waals surface area contributed by atoms with Crippen molar-refractivity contribution in [3.05, 3.63) is 35.9 Å². The molecular formula is C20H31NO4. The number of hydrogen-bond donors (Lipinski definition) is 0. The molecule has 5 nitrogen and oxygen atoms in total. The average Bonchev–Trinajstić information content (AvgIpc) is 2.53. The molecule has 0 aliphatic carbocycles. The maximum absolute atomic E-state index is 12.5. The van der Waals surface area contributed by atoms with Gasteiger partial charge in [-0.25, -0.2) is 0 Å². The van der Waals surface area contributed by atoms with Crippen LogP contribution in [0.1, 0.15) is 45.1 Å². The van der Waals surface area contributed by atoms with Gasteiger partial charge in [-0.1, -0.05) is 37.3 Å². The van der Waals surface area contributed by atoms with Crippen LogP contribution in [0.4, 0.5) is 0 Å². The first kappa shape index (κ1) is 21.2. The smallest absolute Gasteiger partial charge is 0.311 e. The number of aliphatic carboxylic acids is 1. The van der Waals surface area contributed by atoms with Crippen molar-refractivity contribution in [2.45, 2.75) is 39.5 Å². The molecule has 1 aromatic carbocycles. The highest BCUT2D eigenvalue weighted by Crippen LogP contribution is 2.32. The number of carbonyl (C=O) groups excluding carboxylic acids is 2. The molecule has 140 valence electrons. The largest absolute Gasteiger partial charge is 0.550 e. The normalized spacial score (nSPS) is 13.3. The molecule has 5 heteroatoms. The molecule has 25 heavy (non-hydrogen) atoms. The molecule has 0 spiro atoms. The number of carboxylic acids is 1. The summed E-state index contributed by atoms with van der Waals surface area (Å²) in [6.45, 7) is 7.24. The number of quaternary nitrogens is 1. The molecule has 0 fully saturated rings. The zero-order valence-electron chi connectivity index (χ0n) is 16.1. The zero-order valence-corrected chi connectivity index (χ0v) is 16.1. The minimum absolute atomic E-state index is 0.00102. The summed E-state index contributed by atoms with van der Waals surface area (Å²) in [5.41, 5.74) is 0.639. The van der Waals surface area contributed by atoms with Crippen LogP contribution in [-0.4, -0.2) is 50.2 Å². The molecule has 1 unspecified atom stereocenters. The van der Waals surface area contributed by atoms with E-state index in [2.05, 4.69) is 19.1 Å². The van der Waals surface area contributed by atoms with Gasteiger partial charge in [-0.05, 0) is 31.7 Å². The minimum Gasteiger partial charge on any atom is -0.550 e. The molecule has 0 aliphatic rings. The van der Waals surface area contributed by atoms with Crippen molar-refractivity contribution in [3.63, 3.8) is 0 Å². The average molecular weight is 349 g/mol. The van der Waals surface area contributed by atoms with Crippen LogP contribution in [0.2, 0.25) is 0 Å². The third kappa shape index (κ3) is 7.69. The molecule has 1 atom stereocenters. The molecule has 0 N–H and O–H groups in total. The molecule has 0 aliphatic heterocycles. The number of benzene rings is 1. The van der Waals surface area contributed by atoms with Gasteiger partial charge >= 0.3 is 5.97 Å². The molecule has 0 aromatic heterocycles. The second-order valence-corrected chi connectivity index (χ2v) is 8.04. The fourth-order valence-electron chi connectivity index (χ4n) is 2.83. The lowest BCUT2D eigenvalue weighted by molar-refractivity contribution is -0.890. The topological polar surface area (TPSA) is 66.4 Å². The van der Waals surface area contributed by atoms with E-state index in [1.165, 1.54) is 5.56 Å². The summed E-state index contributed by atoms with van der Waals surface area (Å²) < 4.78 is 5.94. The van der Waals surface area contributed by atoms with Crippen molar-refractivity contribution < 1.29 is 23.9 Å². The van der Waals surface area contributed by atoms with Crippen molar-refractivity contribution in [3.8, 4) is 0 Å². The van der Waals surface area contributed by atoms with Gasteiger partial charge in [0.1, 0.15) is 13.2 Å². The van der Waals surface area contributed by atoms with Gasteiger partial charge in [0.25, 0.3) is 0 Å². The number of ether oxygens (including phenoxy) is 1. The molecule has 0 bridgehead atoms. The summed E-state index contributed by atoms with van der Waals surface area (Å²) >= 11 is 0. The Morgan fingerprint density at radius 1 is 1.16 bits per heavy atom. The molecule has 1 aromatic rings. The molecular weight excluding hydrogens is 318 g/mol. The van der Waals surface area contributed by atoms with E-state index in [9.17, 15) is 14.7 Å². The van der Waals surface area contributed by atoms with Gasteiger partial charge in [-0.15, -0.1) is 0 Å². The van der Waals surface area contributed by atoms with Gasteiger partial charge in [0, 0.05) is 12.4 Å². The molecule has 0 amide bonds. The van der Waals surface area contributed by atoms with Gasteiger partial charge in [-0.3, -0.25) is 4.79 Å².